The van der Waals surface area contributed by atoms with E-state index in [1.807, 2.05) is 0 Å². The van der Waals surface area contributed by atoms with Gasteiger partial charge in [0.25, 0.3) is 0 Å². The highest BCUT2D eigenvalue weighted by molar-refractivity contribution is 5.37. The van der Waals surface area contributed by atoms with Crippen molar-refractivity contribution >= 4 is 0 Å². The van der Waals surface area contributed by atoms with Crippen molar-refractivity contribution < 1.29 is 31.1 Å². The summed E-state index contributed by atoms with van der Waals surface area (Å²) in [6.45, 7) is 0.514. The van der Waals surface area contributed by atoms with Gasteiger partial charge >= 0.3 is 12.4 Å². The van der Waals surface area contributed by atoms with Gasteiger partial charge in [-0.05, 0) is 44.0 Å². The van der Waals surface area contributed by atoms with Crippen LogP contribution in [-0.4, -0.2) is 13.2 Å². The fraction of sp³-hybridized carbons (Fsp3) is 0.538. The van der Waals surface area contributed by atoms with Gasteiger partial charge in [-0.1, -0.05) is 0 Å². The third-order valence-corrected chi connectivity index (χ3v) is 2.68. The first-order valence-corrected chi connectivity index (χ1v) is 6.27. The van der Waals surface area contributed by atoms with Gasteiger partial charge in [0, 0.05) is 0 Å². The van der Waals surface area contributed by atoms with E-state index in [-0.39, 0.29) is 12.7 Å². The number of alkyl halides is 6. The van der Waals surface area contributed by atoms with E-state index in [2.05, 4.69) is 0 Å². The molecule has 0 aliphatic heterocycles. The zero-order valence-corrected chi connectivity index (χ0v) is 11.0. The minimum Gasteiger partial charge on any atom is -0.494 e. The highest BCUT2D eigenvalue weighted by Gasteiger charge is 2.37. The van der Waals surface area contributed by atoms with Gasteiger partial charge in [0.2, 0.25) is 0 Å². The monoisotopic (exact) mass is 315 g/mol. The Balaban J connectivity index is 2.88. The molecule has 1 aromatic rings. The maximum Gasteiger partial charge on any atom is 0.416 e. The first kappa shape index (κ1) is 17.6. The van der Waals surface area contributed by atoms with Crippen molar-refractivity contribution in [1.29, 1.82) is 0 Å². The van der Waals surface area contributed by atoms with Crippen LogP contribution >= 0.6 is 0 Å². The van der Waals surface area contributed by atoms with Gasteiger partial charge in [0.15, 0.2) is 0 Å². The summed E-state index contributed by atoms with van der Waals surface area (Å²) in [7, 11) is 0. The van der Waals surface area contributed by atoms with E-state index in [0.29, 0.717) is 31.5 Å². The van der Waals surface area contributed by atoms with Crippen molar-refractivity contribution in [2.75, 3.05) is 13.2 Å². The number of nitrogens with two attached hydrogens (primary N) is 1. The molecule has 0 bridgehead atoms. The van der Waals surface area contributed by atoms with Gasteiger partial charge in [0.1, 0.15) is 5.75 Å². The smallest absolute Gasteiger partial charge is 0.416 e. The molecule has 120 valence electrons. The van der Waals surface area contributed by atoms with E-state index in [0.717, 1.165) is 6.42 Å². The van der Waals surface area contributed by atoms with Gasteiger partial charge in [-0.3, -0.25) is 0 Å². The fourth-order valence-electron chi connectivity index (χ4n) is 1.62. The molecular formula is C13H15F6NO. The zero-order chi connectivity index (χ0) is 16.1. The van der Waals surface area contributed by atoms with Crippen LogP contribution in [0.1, 0.15) is 30.4 Å². The number of benzene rings is 1. The Morgan fingerprint density at radius 2 is 1.33 bits per heavy atom. The molecule has 0 aliphatic rings. The van der Waals surface area contributed by atoms with E-state index < -0.39 is 29.2 Å². The van der Waals surface area contributed by atoms with E-state index >= 15 is 0 Å². The maximum absolute atomic E-state index is 12.6. The number of ether oxygens (including phenoxy) is 1. The molecule has 0 aliphatic carbocycles. The molecule has 0 aromatic heterocycles. The van der Waals surface area contributed by atoms with Crippen LogP contribution in [0.4, 0.5) is 26.3 Å². The summed E-state index contributed by atoms with van der Waals surface area (Å²) in [5, 5.41) is 0. The van der Waals surface area contributed by atoms with E-state index in [4.69, 9.17) is 10.5 Å². The van der Waals surface area contributed by atoms with E-state index in [1.165, 1.54) is 0 Å². The predicted octanol–water partition coefficient (Wildman–Crippen LogP) is 4.23. The molecule has 1 rings (SSSR count). The number of unbranched alkanes of at least 4 members (excludes halogenated alkanes) is 2. The Bertz CT molecular complexity index is 423. The van der Waals surface area contributed by atoms with Gasteiger partial charge in [-0.25, -0.2) is 0 Å². The van der Waals surface area contributed by atoms with Gasteiger partial charge in [-0.15, -0.1) is 0 Å². The van der Waals surface area contributed by atoms with Crippen molar-refractivity contribution in [1.82, 2.24) is 0 Å². The standard InChI is InChI=1S/C13H15F6NO/c14-12(15,16)9-6-10(13(17,18)19)8-11(7-9)21-5-3-1-2-4-20/h6-8H,1-5,20H2. The number of rotatable bonds is 6. The van der Waals surface area contributed by atoms with Crippen LogP contribution in [0, 0.1) is 0 Å². The number of hydrogen-bond donors (Lipinski definition) is 1. The molecule has 0 atom stereocenters. The molecule has 1 aromatic carbocycles. The summed E-state index contributed by atoms with van der Waals surface area (Å²) in [5.74, 6) is -0.440. The third-order valence-electron chi connectivity index (χ3n) is 2.68. The summed E-state index contributed by atoms with van der Waals surface area (Å²) in [5.41, 5.74) is 2.51. The maximum atomic E-state index is 12.6. The summed E-state index contributed by atoms with van der Waals surface area (Å²) >= 11 is 0. The summed E-state index contributed by atoms with van der Waals surface area (Å²) in [6.07, 6.45) is -7.80. The first-order valence-electron chi connectivity index (χ1n) is 6.27. The van der Waals surface area contributed by atoms with Crippen LogP contribution in [0.5, 0.6) is 5.75 Å². The molecule has 0 radical (unpaired) electrons. The molecule has 2 nitrogen and oxygen atoms in total. The second-order valence-electron chi connectivity index (χ2n) is 4.44. The van der Waals surface area contributed by atoms with Crippen molar-refractivity contribution in [3.05, 3.63) is 29.3 Å². The summed E-state index contributed by atoms with van der Waals surface area (Å²) in [4.78, 5) is 0. The molecule has 8 heteroatoms. The van der Waals surface area contributed by atoms with Gasteiger partial charge < -0.3 is 10.5 Å². The Hall–Kier alpha value is -1.44. The van der Waals surface area contributed by atoms with Crippen molar-refractivity contribution in [2.45, 2.75) is 31.6 Å². The average molecular weight is 315 g/mol. The second kappa shape index (κ2) is 7.02. The molecule has 2 N–H and O–H groups in total. The second-order valence-corrected chi connectivity index (χ2v) is 4.44. The molecule has 0 fully saturated rings. The topological polar surface area (TPSA) is 35.2 Å². The van der Waals surface area contributed by atoms with Crippen LogP contribution in [0.25, 0.3) is 0 Å². The number of halogens is 6. The normalized spacial score (nSPS) is 12.5. The van der Waals surface area contributed by atoms with Gasteiger partial charge in [0.05, 0.1) is 17.7 Å². The molecular weight excluding hydrogens is 300 g/mol. The van der Waals surface area contributed by atoms with Crippen molar-refractivity contribution in [3.8, 4) is 5.75 Å². The predicted molar refractivity (Wildman–Crippen MR) is 64.8 cm³/mol. The summed E-state index contributed by atoms with van der Waals surface area (Å²) < 4.78 is 80.5. The molecule has 21 heavy (non-hydrogen) atoms. The lowest BCUT2D eigenvalue weighted by Crippen LogP contribution is -2.11. The van der Waals surface area contributed by atoms with Crippen molar-refractivity contribution in [2.24, 2.45) is 5.73 Å². The Labute approximate surface area is 117 Å². The van der Waals surface area contributed by atoms with Crippen molar-refractivity contribution in [3.63, 3.8) is 0 Å². The molecule has 0 saturated heterocycles. The summed E-state index contributed by atoms with van der Waals surface area (Å²) in [6, 6.07) is 1.21. The van der Waals surface area contributed by atoms with Crippen LogP contribution in [0.2, 0.25) is 0 Å². The van der Waals surface area contributed by atoms with Crippen LogP contribution in [0.3, 0.4) is 0 Å². The zero-order valence-electron chi connectivity index (χ0n) is 11.0. The minimum absolute atomic E-state index is 0.0403. The Morgan fingerprint density at radius 1 is 0.810 bits per heavy atom. The highest BCUT2D eigenvalue weighted by Crippen LogP contribution is 2.38. The SMILES string of the molecule is NCCCCCOc1cc(C(F)(F)F)cc(C(F)(F)F)c1. The lowest BCUT2D eigenvalue weighted by molar-refractivity contribution is -0.143. The third kappa shape index (κ3) is 5.82. The number of hydrogen-bond acceptors (Lipinski definition) is 2. The van der Waals surface area contributed by atoms with E-state index in [1.54, 1.807) is 0 Å². The van der Waals surface area contributed by atoms with E-state index in [9.17, 15) is 26.3 Å². The Morgan fingerprint density at radius 3 is 1.76 bits per heavy atom. The molecule has 0 saturated carbocycles. The average Bonchev–Trinajstić information content (AvgIpc) is 2.36. The van der Waals surface area contributed by atoms with Crippen LogP contribution < -0.4 is 10.5 Å². The van der Waals surface area contributed by atoms with Crippen LogP contribution in [-0.2, 0) is 12.4 Å². The molecule has 0 spiro atoms. The van der Waals surface area contributed by atoms with Gasteiger partial charge in [-0.2, -0.15) is 26.3 Å². The Kier molecular flexibility index (Phi) is 5.88. The lowest BCUT2D eigenvalue weighted by atomic mass is 10.1. The minimum atomic E-state index is -4.86. The first-order chi connectivity index (χ1) is 9.64. The lowest BCUT2D eigenvalue weighted by Gasteiger charge is -2.14. The van der Waals surface area contributed by atoms with Crippen LogP contribution in [0.15, 0.2) is 18.2 Å². The largest absolute Gasteiger partial charge is 0.494 e. The fourth-order valence-corrected chi connectivity index (χ4v) is 1.62. The quantitative estimate of drug-likeness (QED) is 0.630. The highest BCUT2D eigenvalue weighted by atomic mass is 19.4. The molecule has 0 unspecified atom stereocenters. The molecule has 0 heterocycles. The molecule has 0 amide bonds.